The third-order valence-electron chi connectivity index (χ3n) is 7.39. The number of alkyl halides is 3. The molecule has 1 aromatic heterocycles. The van der Waals surface area contributed by atoms with Gasteiger partial charge in [-0.25, -0.2) is 14.8 Å². The van der Waals surface area contributed by atoms with E-state index in [2.05, 4.69) is 27.8 Å². The number of ether oxygens (including phenoxy) is 1. The Balaban J connectivity index is 1.70. The number of anilines is 1. The van der Waals surface area contributed by atoms with E-state index in [9.17, 15) is 23.2 Å². The van der Waals surface area contributed by atoms with E-state index in [1.54, 1.807) is 13.0 Å². The lowest BCUT2D eigenvalue weighted by Crippen LogP contribution is -2.61. The molecule has 2 aliphatic rings. The fourth-order valence-electron chi connectivity index (χ4n) is 5.34. The number of nitrogens with zero attached hydrogens (tertiary/aromatic N) is 6. The van der Waals surface area contributed by atoms with Gasteiger partial charge in [0.2, 0.25) is 0 Å². The summed E-state index contributed by atoms with van der Waals surface area (Å²) in [6.07, 6.45) is -3.04. The summed E-state index contributed by atoms with van der Waals surface area (Å²) < 4.78 is 45.1. The Morgan fingerprint density at radius 3 is 2.38 bits per heavy atom. The molecule has 1 saturated heterocycles. The van der Waals surface area contributed by atoms with Crippen LogP contribution >= 0.6 is 0 Å². The van der Waals surface area contributed by atoms with E-state index in [0.29, 0.717) is 49.0 Å². The topological polar surface area (TPSA) is 85.1 Å². The number of aliphatic imine (C=N–C) groups is 1. The van der Waals surface area contributed by atoms with Crippen LogP contribution in [0.25, 0.3) is 0 Å². The second kappa shape index (κ2) is 11.6. The van der Waals surface area contributed by atoms with Crippen molar-refractivity contribution in [1.82, 2.24) is 14.8 Å². The van der Waals surface area contributed by atoms with Crippen LogP contribution in [0.2, 0.25) is 0 Å². The van der Waals surface area contributed by atoms with Crippen molar-refractivity contribution in [2.45, 2.75) is 57.9 Å². The minimum absolute atomic E-state index is 0.0540. The molecule has 208 valence electrons. The van der Waals surface area contributed by atoms with Crippen LogP contribution in [0, 0.1) is 11.3 Å². The average Bonchev–Trinajstić information content (AvgIpc) is 2.93. The first-order chi connectivity index (χ1) is 18.6. The molecular formula is C28H33F3N6O2. The predicted molar refractivity (Wildman–Crippen MR) is 141 cm³/mol. The molecule has 0 amide bonds. The third-order valence-corrected chi connectivity index (χ3v) is 7.39. The molecular weight excluding hydrogens is 509 g/mol. The van der Waals surface area contributed by atoms with E-state index >= 15 is 0 Å². The van der Waals surface area contributed by atoms with Gasteiger partial charge in [0.05, 0.1) is 17.9 Å². The number of hydrogen-bond donors (Lipinski definition) is 0. The van der Waals surface area contributed by atoms with Crippen LogP contribution < -0.4 is 4.90 Å². The van der Waals surface area contributed by atoms with E-state index in [-0.39, 0.29) is 18.7 Å². The number of carbonyl (C=O) groups excluding carboxylic acids is 1. The summed E-state index contributed by atoms with van der Waals surface area (Å²) in [5.41, 5.74) is 1.54. The van der Waals surface area contributed by atoms with Gasteiger partial charge >= 0.3 is 12.1 Å². The van der Waals surface area contributed by atoms with Crippen molar-refractivity contribution < 1.29 is 22.7 Å². The minimum Gasteiger partial charge on any atom is -0.465 e. The Hall–Kier alpha value is -3.65. The van der Waals surface area contributed by atoms with Crippen molar-refractivity contribution in [1.29, 1.82) is 5.26 Å². The molecule has 0 aliphatic carbocycles. The fraction of sp³-hybridized carbons (Fsp3) is 0.500. The number of fused-ring (bicyclic) bond motifs is 1. The van der Waals surface area contributed by atoms with Crippen molar-refractivity contribution in [3.63, 3.8) is 0 Å². The first-order valence-corrected chi connectivity index (χ1v) is 13.2. The summed E-state index contributed by atoms with van der Waals surface area (Å²) in [4.78, 5) is 28.9. The van der Waals surface area contributed by atoms with Gasteiger partial charge in [0.15, 0.2) is 5.84 Å². The second-order valence-corrected chi connectivity index (χ2v) is 9.74. The van der Waals surface area contributed by atoms with E-state index in [1.165, 1.54) is 12.1 Å². The fourth-order valence-corrected chi connectivity index (χ4v) is 5.34. The van der Waals surface area contributed by atoms with Crippen molar-refractivity contribution in [2.24, 2.45) is 4.99 Å². The summed E-state index contributed by atoms with van der Waals surface area (Å²) in [5.74, 6) is 0.230. The molecule has 0 spiro atoms. The molecule has 0 N–H and O–H groups in total. The summed E-state index contributed by atoms with van der Waals surface area (Å²) in [6, 6.07) is 9.43. The first-order valence-electron chi connectivity index (χ1n) is 13.2. The Labute approximate surface area is 226 Å². The number of hydrogen-bond acceptors (Lipinski definition) is 8. The molecule has 0 saturated carbocycles. The zero-order valence-electron chi connectivity index (χ0n) is 22.6. The number of amidine groups is 1. The van der Waals surface area contributed by atoms with E-state index in [4.69, 9.17) is 9.73 Å². The lowest BCUT2D eigenvalue weighted by atomic mass is 9.95. The smallest absolute Gasteiger partial charge is 0.416 e. The maximum atomic E-state index is 13.3. The average molecular weight is 543 g/mol. The van der Waals surface area contributed by atoms with Gasteiger partial charge in [-0.3, -0.25) is 4.90 Å². The molecule has 39 heavy (non-hydrogen) atoms. The summed E-state index contributed by atoms with van der Waals surface area (Å²) >= 11 is 0. The van der Waals surface area contributed by atoms with Gasteiger partial charge in [0, 0.05) is 32.2 Å². The van der Waals surface area contributed by atoms with Gasteiger partial charge in [-0.15, -0.1) is 0 Å². The number of benzene rings is 1. The van der Waals surface area contributed by atoms with Gasteiger partial charge in [0.25, 0.3) is 0 Å². The number of carbonyl (C=O) groups is 1. The first kappa shape index (κ1) is 28.4. The van der Waals surface area contributed by atoms with Gasteiger partial charge < -0.3 is 14.5 Å². The molecule has 2 aliphatic heterocycles. The number of esters is 1. The van der Waals surface area contributed by atoms with Gasteiger partial charge in [-0.2, -0.15) is 18.4 Å². The zero-order valence-corrected chi connectivity index (χ0v) is 22.6. The molecule has 0 bridgehead atoms. The standard InChI is InChI=1S/C28H33F3N6O2/c1-5-21-16-37(26-24-23(35(4)17-33-26)13-12-20(14-32)34-24)22(6-2)15-36(21)25(27(38)39-7-3)18-8-10-19(11-9-18)28(29,30)31/h8-13,21-22,25H,5-7,15-17H2,1-4H3/t21-,22+,25?/m1/s1. The maximum absolute atomic E-state index is 13.3. The Morgan fingerprint density at radius 1 is 1.10 bits per heavy atom. The third kappa shape index (κ3) is 5.71. The molecule has 4 rings (SSSR count). The number of pyridine rings is 1. The minimum atomic E-state index is -4.46. The Bertz CT molecular complexity index is 1260. The SMILES string of the molecule is CCOC(=O)C(c1ccc(C(F)(F)F)cc1)N1C[C@H](CC)N(C2=NCN(C)c3ccc(C#N)nc32)C[C@H]1CC. The van der Waals surface area contributed by atoms with Gasteiger partial charge in [-0.05, 0) is 49.6 Å². The second-order valence-electron chi connectivity index (χ2n) is 9.74. The summed E-state index contributed by atoms with van der Waals surface area (Å²) in [7, 11) is 1.92. The lowest BCUT2D eigenvalue weighted by Gasteiger charge is -2.50. The Morgan fingerprint density at radius 2 is 1.79 bits per heavy atom. The molecule has 11 heteroatoms. The highest BCUT2D eigenvalue weighted by Crippen LogP contribution is 2.35. The molecule has 8 nitrogen and oxygen atoms in total. The van der Waals surface area contributed by atoms with Crippen LogP contribution in [0.1, 0.15) is 62.2 Å². The zero-order chi connectivity index (χ0) is 28.3. The molecule has 3 atom stereocenters. The van der Waals surface area contributed by atoms with Crippen LogP contribution in [0.5, 0.6) is 0 Å². The Kier molecular flexibility index (Phi) is 8.45. The van der Waals surface area contributed by atoms with Crippen molar-refractivity contribution in [2.75, 3.05) is 38.3 Å². The highest BCUT2D eigenvalue weighted by molar-refractivity contribution is 6.03. The summed E-state index contributed by atoms with van der Waals surface area (Å²) in [5, 5.41) is 9.45. The van der Waals surface area contributed by atoms with Crippen LogP contribution in [0.3, 0.4) is 0 Å². The lowest BCUT2D eigenvalue weighted by molar-refractivity contribution is -0.152. The van der Waals surface area contributed by atoms with Crippen molar-refractivity contribution >= 4 is 17.5 Å². The van der Waals surface area contributed by atoms with E-state index in [1.807, 2.05) is 24.9 Å². The van der Waals surface area contributed by atoms with Gasteiger partial charge in [-0.1, -0.05) is 26.0 Å². The molecule has 1 unspecified atom stereocenters. The van der Waals surface area contributed by atoms with E-state index in [0.717, 1.165) is 24.2 Å². The van der Waals surface area contributed by atoms with Crippen molar-refractivity contribution in [3.8, 4) is 6.07 Å². The maximum Gasteiger partial charge on any atom is 0.416 e. The number of rotatable bonds is 6. The monoisotopic (exact) mass is 542 g/mol. The van der Waals surface area contributed by atoms with Crippen LogP contribution in [-0.4, -0.2) is 72.1 Å². The van der Waals surface area contributed by atoms with Crippen LogP contribution in [0.4, 0.5) is 18.9 Å². The van der Waals surface area contributed by atoms with Crippen molar-refractivity contribution in [3.05, 3.63) is 58.9 Å². The number of nitriles is 1. The molecule has 2 aromatic rings. The van der Waals surface area contributed by atoms with Gasteiger partial charge in [0.1, 0.15) is 30.2 Å². The highest BCUT2D eigenvalue weighted by Gasteiger charge is 2.42. The number of aromatic nitrogens is 1. The molecule has 3 heterocycles. The van der Waals surface area contributed by atoms with E-state index < -0.39 is 23.8 Å². The quantitative estimate of drug-likeness (QED) is 0.493. The van der Waals surface area contributed by atoms with Crippen LogP contribution in [0.15, 0.2) is 41.4 Å². The highest BCUT2D eigenvalue weighted by atomic mass is 19.4. The predicted octanol–water partition coefficient (Wildman–Crippen LogP) is 4.61. The molecule has 1 fully saturated rings. The number of halogens is 3. The largest absolute Gasteiger partial charge is 0.465 e. The normalized spacial score (nSPS) is 20.6. The molecule has 1 aromatic carbocycles. The van der Waals surface area contributed by atoms with Crippen LogP contribution in [-0.2, 0) is 15.7 Å². The summed E-state index contributed by atoms with van der Waals surface area (Å²) in [6.45, 7) is 7.40. The number of piperazine rings is 1. The molecule has 0 radical (unpaired) electrons.